The van der Waals surface area contributed by atoms with E-state index in [1.54, 1.807) is 0 Å². The lowest BCUT2D eigenvalue weighted by atomic mass is 10.2. The predicted octanol–water partition coefficient (Wildman–Crippen LogP) is 3.66. The molecule has 17 heavy (non-hydrogen) atoms. The zero-order valence-electron chi connectivity index (χ0n) is 10.3. The van der Waals surface area contributed by atoms with E-state index in [-0.39, 0.29) is 0 Å². The molecule has 0 saturated heterocycles. The number of hydrogen-bond acceptors (Lipinski definition) is 1. The first-order valence-corrected chi connectivity index (χ1v) is 7.10. The van der Waals surface area contributed by atoms with Gasteiger partial charge in [0.15, 0.2) is 0 Å². The van der Waals surface area contributed by atoms with Crippen LogP contribution in [0.4, 0.5) is 0 Å². The summed E-state index contributed by atoms with van der Waals surface area (Å²) in [6, 6.07) is 10.9. The molecule has 90 valence electrons. The van der Waals surface area contributed by atoms with Gasteiger partial charge in [-0.1, -0.05) is 26.0 Å². The second-order valence-electron chi connectivity index (χ2n) is 4.12. The summed E-state index contributed by atoms with van der Waals surface area (Å²) in [4.78, 5) is 0. The van der Waals surface area contributed by atoms with Crippen molar-refractivity contribution in [1.82, 2.24) is 9.78 Å². The van der Waals surface area contributed by atoms with Gasteiger partial charge in [-0.05, 0) is 59.2 Å². The van der Waals surface area contributed by atoms with Gasteiger partial charge in [0, 0.05) is 9.26 Å². The molecule has 1 aromatic heterocycles. The van der Waals surface area contributed by atoms with Crippen LogP contribution in [0.3, 0.4) is 0 Å². The Hall–Kier alpha value is -0.840. The highest BCUT2D eigenvalue weighted by molar-refractivity contribution is 14.1. The molecule has 2 aromatic rings. The molecule has 1 aromatic carbocycles. The van der Waals surface area contributed by atoms with Crippen LogP contribution in [-0.2, 0) is 19.4 Å². The fourth-order valence-electron chi connectivity index (χ4n) is 1.87. The SMILES string of the molecule is CCc1cc(CC)n(Cc2ccc(I)cc2)n1. The smallest absolute Gasteiger partial charge is 0.0662 e. The fraction of sp³-hybridized carbons (Fsp3) is 0.357. The minimum atomic E-state index is 0.875. The summed E-state index contributed by atoms with van der Waals surface area (Å²) in [6.45, 7) is 5.21. The average Bonchev–Trinajstić information content (AvgIpc) is 2.74. The van der Waals surface area contributed by atoms with E-state index in [1.165, 1.54) is 20.5 Å². The molecule has 0 aliphatic carbocycles. The highest BCUT2D eigenvalue weighted by Crippen LogP contribution is 2.11. The van der Waals surface area contributed by atoms with E-state index in [9.17, 15) is 0 Å². The standard InChI is InChI=1S/C14H17IN2/c1-3-13-9-14(4-2)17(16-13)10-11-5-7-12(15)8-6-11/h5-9H,3-4,10H2,1-2H3. The topological polar surface area (TPSA) is 17.8 Å². The Morgan fingerprint density at radius 1 is 1.12 bits per heavy atom. The quantitative estimate of drug-likeness (QED) is 0.777. The molecular weight excluding hydrogens is 323 g/mol. The van der Waals surface area contributed by atoms with Gasteiger partial charge < -0.3 is 0 Å². The van der Waals surface area contributed by atoms with Crippen LogP contribution in [0.1, 0.15) is 30.8 Å². The summed E-state index contributed by atoms with van der Waals surface area (Å²) >= 11 is 2.33. The Labute approximate surface area is 116 Å². The number of hydrogen-bond donors (Lipinski definition) is 0. The van der Waals surface area contributed by atoms with Crippen LogP contribution in [0, 0.1) is 3.57 Å². The van der Waals surface area contributed by atoms with Crippen molar-refractivity contribution in [2.24, 2.45) is 0 Å². The second-order valence-corrected chi connectivity index (χ2v) is 5.36. The van der Waals surface area contributed by atoms with Crippen molar-refractivity contribution in [3.05, 3.63) is 50.9 Å². The van der Waals surface area contributed by atoms with Crippen molar-refractivity contribution in [1.29, 1.82) is 0 Å². The number of rotatable bonds is 4. The Balaban J connectivity index is 2.22. The molecule has 2 nitrogen and oxygen atoms in total. The van der Waals surface area contributed by atoms with Crippen molar-refractivity contribution in [2.45, 2.75) is 33.2 Å². The van der Waals surface area contributed by atoms with Gasteiger partial charge in [0.25, 0.3) is 0 Å². The third kappa shape index (κ3) is 3.09. The second kappa shape index (κ2) is 5.67. The zero-order valence-corrected chi connectivity index (χ0v) is 12.4. The van der Waals surface area contributed by atoms with Crippen molar-refractivity contribution >= 4 is 22.6 Å². The number of nitrogens with zero attached hydrogens (tertiary/aromatic N) is 2. The minimum Gasteiger partial charge on any atom is -0.265 e. The molecule has 1 heterocycles. The van der Waals surface area contributed by atoms with Gasteiger partial charge in [-0.2, -0.15) is 5.10 Å². The molecule has 0 fully saturated rings. The Morgan fingerprint density at radius 2 is 1.82 bits per heavy atom. The lowest BCUT2D eigenvalue weighted by molar-refractivity contribution is 0.640. The zero-order chi connectivity index (χ0) is 12.3. The van der Waals surface area contributed by atoms with E-state index >= 15 is 0 Å². The molecular formula is C14H17IN2. The van der Waals surface area contributed by atoms with Crippen LogP contribution in [0.15, 0.2) is 30.3 Å². The molecule has 0 atom stereocenters. The third-order valence-electron chi connectivity index (χ3n) is 2.88. The van der Waals surface area contributed by atoms with Gasteiger partial charge in [0.1, 0.15) is 0 Å². The maximum atomic E-state index is 4.63. The summed E-state index contributed by atoms with van der Waals surface area (Å²) in [6.07, 6.45) is 2.05. The molecule has 0 N–H and O–H groups in total. The van der Waals surface area contributed by atoms with Gasteiger partial charge in [0.05, 0.1) is 12.2 Å². The van der Waals surface area contributed by atoms with Gasteiger partial charge in [-0.3, -0.25) is 4.68 Å². The van der Waals surface area contributed by atoms with Crippen LogP contribution >= 0.6 is 22.6 Å². The van der Waals surface area contributed by atoms with E-state index in [4.69, 9.17) is 0 Å². The minimum absolute atomic E-state index is 0.875. The lowest BCUT2D eigenvalue weighted by Gasteiger charge is -2.06. The maximum Gasteiger partial charge on any atom is 0.0662 e. The third-order valence-corrected chi connectivity index (χ3v) is 3.60. The van der Waals surface area contributed by atoms with E-state index in [1.807, 2.05) is 0 Å². The first-order valence-electron chi connectivity index (χ1n) is 6.03. The molecule has 3 heteroatoms. The average molecular weight is 340 g/mol. The van der Waals surface area contributed by atoms with Crippen LogP contribution in [-0.4, -0.2) is 9.78 Å². The number of halogens is 1. The lowest BCUT2D eigenvalue weighted by Crippen LogP contribution is -2.05. The normalized spacial score (nSPS) is 10.8. The van der Waals surface area contributed by atoms with Gasteiger partial charge in [-0.25, -0.2) is 0 Å². The van der Waals surface area contributed by atoms with Gasteiger partial charge in [0.2, 0.25) is 0 Å². The van der Waals surface area contributed by atoms with E-state index in [2.05, 4.69) is 76.6 Å². The van der Waals surface area contributed by atoms with Crippen LogP contribution in [0.2, 0.25) is 0 Å². The van der Waals surface area contributed by atoms with Gasteiger partial charge >= 0.3 is 0 Å². The molecule has 0 radical (unpaired) electrons. The summed E-state index contributed by atoms with van der Waals surface area (Å²) < 4.78 is 3.40. The Morgan fingerprint density at radius 3 is 2.41 bits per heavy atom. The largest absolute Gasteiger partial charge is 0.265 e. The number of aromatic nitrogens is 2. The Bertz CT molecular complexity index is 485. The summed E-state index contributed by atoms with van der Waals surface area (Å²) in [5.74, 6) is 0. The highest BCUT2D eigenvalue weighted by atomic mass is 127. The molecule has 0 saturated carbocycles. The predicted molar refractivity (Wildman–Crippen MR) is 79.2 cm³/mol. The van der Waals surface area contributed by atoms with Crippen LogP contribution < -0.4 is 0 Å². The van der Waals surface area contributed by atoms with Crippen LogP contribution in [0.25, 0.3) is 0 Å². The van der Waals surface area contributed by atoms with Crippen molar-refractivity contribution < 1.29 is 0 Å². The number of aryl methyl sites for hydroxylation is 2. The van der Waals surface area contributed by atoms with E-state index < -0.39 is 0 Å². The van der Waals surface area contributed by atoms with E-state index in [0.717, 1.165) is 19.4 Å². The number of benzene rings is 1. The summed E-state index contributed by atoms with van der Waals surface area (Å²) in [5, 5.41) is 4.63. The Kier molecular flexibility index (Phi) is 4.20. The van der Waals surface area contributed by atoms with Crippen LogP contribution in [0.5, 0.6) is 0 Å². The maximum absolute atomic E-state index is 4.63. The van der Waals surface area contributed by atoms with Crippen molar-refractivity contribution in [2.75, 3.05) is 0 Å². The van der Waals surface area contributed by atoms with Crippen molar-refractivity contribution in [3.8, 4) is 0 Å². The first kappa shape index (κ1) is 12.6. The molecule has 0 unspecified atom stereocenters. The first-order chi connectivity index (χ1) is 8.22. The molecule has 0 amide bonds. The van der Waals surface area contributed by atoms with Gasteiger partial charge in [-0.15, -0.1) is 0 Å². The highest BCUT2D eigenvalue weighted by Gasteiger charge is 2.05. The molecule has 0 aliphatic heterocycles. The van der Waals surface area contributed by atoms with E-state index in [0.29, 0.717) is 0 Å². The van der Waals surface area contributed by atoms with Crippen molar-refractivity contribution in [3.63, 3.8) is 0 Å². The monoisotopic (exact) mass is 340 g/mol. The summed E-state index contributed by atoms with van der Waals surface area (Å²) in [5.41, 5.74) is 3.82. The summed E-state index contributed by atoms with van der Waals surface area (Å²) in [7, 11) is 0. The molecule has 2 rings (SSSR count). The molecule has 0 aliphatic rings. The molecule has 0 bridgehead atoms. The molecule has 0 spiro atoms. The fourth-order valence-corrected chi connectivity index (χ4v) is 2.23.